The number of aryl methyl sites for hydroxylation is 1. The normalized spacial score (nSPS) is 17.2. The first-order chi connectivity index (χ1) is 15.8. The lowest BCUT2D eigenvalue weighted by Crippen LogP contribution is -2.40. The highest BCUT2D eigenvalue weighted by Gasteiger charge is 2.33. The van der Waals surface area contributed by atoms with Gasteiger partial charge >= 0.3 is 5.97 Å². The van der Waals surface area contributed by atoms with E-state index in [1.807, 2.05) is 6.92 Å². The quantitative estimate of drug-likeness (QED) is 0.470. The van der Waals surface area contributed by atoms with Crippen molar-refractivity contribution in [3.05, 3.63) is 53.6 Å². The van der Waals surface area contributed by atoms with Gasteiger partial charge in [-0.25, -0.2) is 8.42 Å². The van der Waals surface area contributed by atoms with E-state index in [4.69, 9.17) is 14.2 Å². The fourth-order valence-corrected chi connectivity index (χ4v) is 5.34. The van der Waals surface area contributed by atoms with E-state index in [0.29, 0.717) is 43.1 Å². The number of sulfonamides is 1. The molecule has 2 heterocycles. The summed E-state index contributed by atoms with van der Waals surface area (Å²) in [6, 6.07) is 11.6. The molecule has 0 amide bonds. The number of ether oxygens (including phenoxy) is 3. The fraction of sp³-hybridized carbons (Fsp3) is 0.417. The summed E-state index contributed by atoms with van der Waals surface area (Å²) in [7, 11) is -3.59. The average Bonchev–Trinajstić information content (AvgIpc) is 3.07. The van der Waals surface area contributed by atoms with Crippen LogP contribution in [-0.4, -0.2) is 57.4 Å². The lowest BCUT2D eigenvalue weighted by atomic mass is 9.98. The molecular weight excluding hydrogens is 446 g/mol. The second-order valence-corrected chi connectivity index (χ2v) is 10.2. The number of hydrogen-bond acceptors (Lipinski definition) is 7. The molecule has 0 aromatic heterocycles. The largest absolute Gasteiger partial charge is 0.490 e. The molecule has 0 saturated carbocycles. The fourth-order valence-electron chi connectivity index (χ4n) is 3.87. The van der Waals surface area contributed by atoms with Gasteiger partial charge in [-0.3, -0.25) is 9.59 Å². The number of carbonyl (C=O) groups is 2. The summed E-state index contributed by atoms with van der Waals surface area (Å²) in [5, 5.41) is 0. The van der Waals surface area contributed by atoms with Crippen molar-refractivity contribution in [2.45, 2.75) is 31.1 Å². The van der Waals surface area contributed by atoms with Crippen molar-refractivity contribution in [2.75, 3.05) is 32.9 Å². The Kier molecular flexibility index (Phi) is 6.99. The molecule has 9 heteroatoms. The van der Waals surface area contributed by atoms with E-state index in [0.717, 1.165) is 12.0 Å². The third kappa shape index (κ3) is 5.36. The van der Waals surface area contributed by atoms with Gasteiger partial charge in [0.2, 0.25) is 10.0 Å². The van der Waals surface area contributed by atoms with Crippen molar-refractivity contribution in [2.24, 2.45) is 5.92 Å². The van der Waals surface area contributed by atoms with Crippen molar-refractivity contribution in [3.63, 3.8) is 0 Å². The molecule has 0 unspecified atom stereocenters. The summed E-state index contributed by atoms with van der Waals surface area (Å²) < 4.78 is 43.4. The topological polar surface area (TPSA) is 99.2 Å². The van der Waals surface area contributed by atoms with E-state index in [-0.39, 0.29) is 30.4 Å². The first-order valence-corrected chi connectivity index (χ1v) is 12.4. The Labute approximate surface area is 193 Å². The number of nitrogens with zero attached hydrogens (tertiary/aromatic N) is 1. The van der Waals surface area contributed by atoms with Gasteiger partial charge in [0.1, 0.15) is 0 Å². The summed E-state index contributed by atoms with van der Waals surface area (Å²) >= 11 is 0. The minimum Gasteiger partial charge on any atom is -0.490 e. The van der Waals surface area contributed by atoms with E-state index in [1.54, 1.807) is 42.5 Å². The zero-order valence-corrected chi connectivity index (χ0v) is 19.3. The number of rotatable bonds is 6. The Balaban J connectivity index is 1.29. The maximum absolute atomic E-state index is 12.8. The van der Waals surface area contributed by atoms with Crippen LogP contribution in [-0.2, 0) is 19.6 Å². The Morgan fingerprint density at radius 3 is 2.36 bits per heavy atom. The second kappa shape index (κ2) is 9.93. The molecule has 2 aromatic rings. The Morgan fingerprint density at radius 1 is 1.00 bits per heavy atom. The number of fused-ring (bicyclic) bond motifs is 1. The Morgan fingerprint density at radius 2 is 1.67 bits per heavy atom. The second-order valence-electron chi connectivity index (χ2n) is 8.23. The van der Waals surface area contributed by atoms with Crippen LogP contribution in [0.5, 0.6) is 11.5 Å². The molecule has 176 valence electrons. The lowest BCUT2D eigenvalue weighted by molar-refractivity contribution is -0.148. The van der Waals surface area contributed by atoms with Gasteiger partial charge in [0, 0.05) is 25.1 Å². The molecule has 4 rings (SSSR count). The van der Waals surface area contributed by atoms with Crippen LogP contribution in [0, 0.1) is 12.8 Å². The summed E-state index contributed by atoms with van der Waals surface area (Å²) in [6.45, 7) is 3.05. The van der Waals surface area contributed by atoms with Crippen molar-refractivity contribution in [3.8, 4) is 11.5 Å². The van der Waals surface area contributed by atoms with Gasteiger partial charge in [0.15, 0.2) is 23.9 Å². The molecule has 2 aromatic carbocycles. The van der Waals surface area contributed by atoms with Crippen molar-refractivity contribution < 1.29 is 32.2 Å². The summed E-state index contributed by atoms with van der Waals surface area (Å²) in [5.74, 6) is -0.158. The number of hydrogen-bond donors (Lipinski definition) is 0. The highest BCUT2D eigenvalue weighted by atomic mass is 32.2. The van der Waals surface area contributed by atoms with Crippen LogP contribution in [0.25, 0.3) is 0 Å². The first-order valence-electron chi connectivity index (χ1n) is 11.0. The summed E-state index contributed by atoms with van der Waals surface area (Å²) in [4.78, 5) is 25.2. The number of esters is 1. The molecule has 0 N–H and O–H groups in total. The van der Waals surface area contributed by atoms with Crippen LogP contribution in [0.4, 0.5) is 0 Å². The molecule has 1 saturated heterocycles. The summed E-state index contributed by atoms with van der Waals surface area (Å²) in [6.07, 6.45) is 1.46. The first kappa shape index (κ1) is 23.3. The van der Waals surface area contributed by atoms with E-state index in [1.165, 1.54) is 4.31 Å². The predicted molar refractivity (Wildman–Crippen MR) is 120 cm³/mol. The minimum absolute atomic E-state index is 0.228. The molecule has 2 aliphatic heterocycles. The number of benzene rings is 2. The SMILES string of the molecule is Cc1ccc(S(=O)(=O)N2CCC(C(=O)OCC(=O)c3ccc4c(c3)OCCCO4)CC2)cc1. The van der Waals surface area contributed by atoms with E-state index >= 15 is 0 Å². The van der Waals surface area contributed by atoms with Crippen LogP contribution >= 0.6 is 0 Å². The molecule has 0 spiro atoms. The number of ketones is 1. The van der Waals surface area contributed by atoms with Crippen molar-refractivity contribution in [1.29, 1.82) is 0 Å². The third-order valence-corrected chi connectivity index (χ3v) is 7.77. The molecule has 1 fully saturated rings. The maximum atomic E-state index is 12.8. The zero-order chi connectivity index (χ0) is 23.4. The van der Waals surface area contributed by atoms with Crippen molar-refractivity contribution in [1.82, 2.24) is 4.31 Å². The predicted octanol–water partition coefficient (Wildman–Crippen LogP) is 2.98. The molecule has 33 heavy (non-hydrogen) atoms. The van der Waals surface area contributed by atoms with Gasteiger partial charge in [-0.1, -0.05) is 17.7 Å². The van der Waals surface area contributed by atoms with Gasteiger partial charge in [0.05, 0.1) is 24.0 Å². The molecule has 0 radical (unpaired) electrons. The molecule has 2 aliphatic rings. The van der Waals surface area contributed by atoms with Crippen LogP contribution < -0.4 is 9.47 Å². The standard InChI is InChI=1S/C24H27NO7S/c1-17-3-6-20(7-4-17)33(28,29)25-11-9-18(10-12-25)24(27)32-16-21(26)19-5-8-22-23(15-19)31-14-2-13-30-22/h3-8,15,18H,2,9-14,16H2,1H3. The molecule has 0 aliphatic carbocycles. The zero-order valence-electron chi connectivity index (χ0n) is 18.5. The van der Waals surface area contributed by atoms with Gasteiger partial charge in [-0.2, -0.15) is 4.31 Å². The van der Waals surface area contributed by atoms with E-state index in [2.05, 4.69) is 0 Å². The third-order valence-electron chi connectivity index (χ3n) is 5.86. The highest BCUT2D eigenvalue weighted by Crippen LogP contribution is 2.31. The lowest BCUT2D eigenvalue weighted by Gasteiger charge is -2.30. The minimum atomic E-state index is -3.59. The average molecular weight is 474 g/mol. The molecule has 0 atom stereocenters. The van der Waals surface area contributed by atoms with Crippen LogP contribution in [0.15, 0.2) is 47.4 Å². The van der Waals surface area contributed by atoms with E-state index < -0.39 is 21.9 Å². The maximum Gasteiger partial charge on any atom is 0.309 e. The number of Topliss-reactive ketones (excluding diaryl/α,β-unsaturated/α-hetero) is 1. The van der Waals surface area contributed by atoms with Gasteiger partial charge in [0.25, 0.3) is 0 Å². The van der Waals surface area contributed by atoms with Crippen molar-refractivity contribution >= 4 is 21.8 Å². The molecule has 8 nitrogen and oxygen atoms in total. The Hall–Kier alpha value is -2.91. The molecular formula is C24H27NO7S. The Bertz CT molecular complexity index is 1120. The van der Waals surface area contributed by atoms with Gasteiger partial charge in [-0.05, 0) is 50.1 Å². The van der Waals surface area contributed by atoms with Gasteiger partial charge in [-0.15, -0.1) is 0 Å². The smallest absolute Gasteiger partial charge is 0.309 e. The van der Waals surface area contributed by atoms with E-state index in [9.17, 15) is 18.0 Å². The monoisotopic (exact) mass is 473 g/mol. The number of carbonyl (C=O) groups excluding carboxylic acids is 2. The molecule has 0 bridgehead atoms. The van der Waals surface area contributed by atoms with Crippen LogP contribution in [0.1, 0.15) is 35.2 Å². The van der Waals surface area contributed by atoms with Crippen LogP contribution in [0.2, 0.25) is 0 Å². The highest BCUT2D eigenvalue weighted by molar-refractivity contribution is 7.89. The summed E-state index contributed by atoms with van der Waals surface area (Å²) in [5.41, 5.74) is 1.36. The van der Waals surface area contributed by atoms with Crippen LogP contribution in [0.3, 0.4) is 0 Å². The van der Waals surface area contributed by atoms with Gasteiger partial charge < -0.3 is 14.2 Å². The number of piperidine rings is 1.